The number of nitrogens with zero attached hydrogens (tertiary/aromatic N) is 2. The van der Waals surface area contributed by atoms with Crippen LogP contribution >= 0.6 is 11.8 Å². The van der Waals surface area contributed by atoms with Gasteiger partial charge in [-0.3, -0.25) is 14.2 Å². The van der Waals surface area contributed by atoms with E-state index in [1.165, 1.54) is 17.3 Å². The van der Waals surface area contributed by atoms with Gasteiger partial charge in [0.25, 0.3) is 5.56 Å². The fourth-order valence-corrected chi connectivity index (χ4v) is 4.14. The molecule has 0 radical (unpaired) electrons. The highest BCUT2D eigenvalue weighted by Crippen LogP contribution is 2.23. The Morgan fingerprint density at radius 2 is 1.77 bits per heavy atom. The largest absolute Gasteiger partial charge is 0.355 e. The molecular weight excluding hydrogens is 394 g/mol. The number of rotatable bonds is 9. The van der Waals surface area contributed by atoms with Crippen molar-refractivity contribution in [2.45, 2.75) is 50.6 Å². The van der Waals surface area contributed by atoms with E-state index in [0.717, 1.165) is 12.8 Å². The molecule has 1 heterocycles. The van der Waals surface area contributed by atoms with Crippen molar-refractivity contribution in [3.63, 3.8) is 0 Å². The Morgan fingerprint density at radius 1 is 1.07 bits per heavy atom. The Labute approximate surface area is 181 Å². The van der Waals surface area contributed by atoms with Gasteiger partial charge in [-0.15, -0.1) is 0 Å². The number of fused-ring (bicyclic) bond motifs is 1. The van der Waals surface area contributed by atoms with Gasteiger partial charge < -0.3 is 5.32 Å². The van der Waals surface area contributed by atoms with Crippen LogP contribution in [0, 0.1) is 5.92 Å². The van der Waals surface area contributed by atoms with Gasteiger partial charge >= 0.3 is 0 Å². The van der Waals surface area contributed by atoms with Crippen LogP contribution in [0.3, 0.4) is 0 Å². The quantitative estimate of drug-likeness (QED) is 0.412. The molecule has 1 N–H and O–H groups in total. The SMILES string of the molecule is CC(C)CNC(=O)C(C)Sc1nc2ccccc2c(=O)n1CCCc1ccccc1. The molecule has 0 spiro atoms. The zero-order chi connectivity index (χ0) is 21.5. The molecule has 3 aromatic rings. The average Bonchev–Trinajstić information content (AvgIpc) is 2.74. The number of thioether (sulfide) groups is 1. The fourth-order valence-electron chi connectivity index (χ4n) is 3.18. The van der Waals surface area contributed by atoms with Gasteiger partial charge in [-0.1, -0.05) is 68.1 Å². The van der Waals surface area contributed by atoms with Crippen LogP contribution in [0.2, 0.25) is 0 Å². The number of carbonyl (C=O) groups is 1. The average molecular weight is 424 g/mol. The van der Waals surface area contributed by atoms with Crippen LogP contribution < -0.4 is 10.9 Å². The second-order valence-electron chi connectivity index (χ2n) is 7.86. The third kappa shape index (κ3) is 5.72. The molecule has 5 nitrogen and oxygen atoms in total. The molecule has 3 rings (SSSR count). The summed E-state index contributed by atoms with van der Waals surface area (Å²) >= 11 is 1.35. The lowest BCUT2D eigenvalue weighted by Gasteiger charge is -2.17. The molecule has 0 saturated carbocycles. The highest BCUT2D eigenvalue weighted by molar-refractivity contribution is 8.00. The first-order valence-corrected chi connectivity index (χ1v) is 11.3. The molecule has 0 aliphatic rings. The van der Waals surface area contributed by atoms with Gasteiger partial charge in [0.2, 0.25) is 5.91 Å². The summed E-state index contributed by atoms with van der Waals surface area (Å²) in [5.41, 5.74) is 1.86. The van der Waals surface area contributed by atoms with Crippen molar-refractivity contribution >= 4 is 28.6 Å². The second-order valence-corrected chi connectivity index (χ2v) is 9.16. The molecule has 1 atom stereocenters. The molecule has 2 aromatic carbocycles. The van der Waals surface area contributed by atoms with E-state index < -0.39 is 0 Å². The van der Waals surface area contributed by atoms with Crippen molar-refractivity contribution in [2.75, 3.05) is 6.54 Å². The molecule has 0 aliphatic heterocycles. The van der Waals surface area contributed by atoms with E-state index in [4.69, 9.17) is 4.98 Å². The number of nitrogens with one attached hydrogen (secondary N) is 1. The Bertz CT molecular complexity index is 1050. The second kappa shape index (κ2) is 10.4. The van der Waals surface area contributed by atoms with Gasteiger partial charge in [-0.2, -0.15) is 0 Å². The van der Waals surface area contributed by atoms with Gasteiger partial charge in [0.05, 0.1) is 16.2 Å². The molecule has 0 aliphatic carbocycles. The van der Waals surface area contributed by atoms with E-state index in [0.29, 0.717) is 35.1 Å². The smallest absolute Gasteiger partial charge is 0.262 e. The Morgan fingerprint density at radius 3 is 2.50 bits per heavy atom. The summed E-state index contributed by atoms with van der Waals surface area (Å²) in [6, 6.07) is 17.6. The van der Waals surface area contributed by atoms with Crippen LogP contribution in [0.5, 0.6) is 0 Å². The maximum Gasteiger partial charge on any atom is 0.262 e. The lowest BCUT2D eigenvalue weighted by atomic mass is 10.1. The number of aryl methyl sites for hydroxylation is 1. The molecule has 1 aromatic heterocycles. The molecule has 1 unspecified atom stereocenters. The van der Waals surface area contributed by atoms with E-state index in [1.54, 1.807) is 4.57 Å². The van der Waals surface area contributed by atoms with Gasteiger partial charge in [-0.05, 0) is 43.4 Å². The van der Waals surface area contributed by atoms with E-state index >= 15 is 0 Å². The number of para-hydroxylation sites is 1. The monoisotopic (exact) mass is 423 g/mol. The van der Waals surface area contributed by atoms with Crippen molar-refractivity contribution in [2.24, 2.45) is 5.92 Å². The van der Waals surface area contributed by atoms with E-state index in [1.807, 2.05) is 49.4 Å². The lowest BCUT2D eigenvalue weighted by molar-refractivity contribution is -0.120. The zero-order valence-corrected chi connectivity index (χ0v) is 18.6. The van der Waals surface area contributed by atoms with Crippen molar-refractivity contribution in [1.29, 1.82) is 0 Å². The molecule has 1 amide bonds. The minimum atomic E-state index is -0.336. The van der Waals surface area contributed by atoms with Crippen molar-refractivity contribution in [1.82, 2.24) is 14.9 Å². The van der Waals surface area contributed by atoms with Gasteiger partial charge in [0.15, 0.2) is 5.16 Å². The summed E-state index contributed by atoms with van der Waals surface area (Å²) in [4.78, 5) is 30.4. The van der Waals surface area contributed by atoms with Crippen molar-refractivity contribution in [3.8, 4) is 0 Å². The highest BCUT2D eigenvalue weighted by atomic mass is 32.2. The molecular formula is C24H29N3O2S. The standard InChI is InChI=1S/C24H29N3O2S/c1-17(2)16-25-22(28)18(3)30-24-26-21-14-8-7-13-20(21)23(29)27(24)15-9-12-19-10-5-4-6-11-19/h4-8,10-11,13-14,17-18H,9,12,15-16H2,1-3H3,(H,25,28). The first kappa shape index (κ1) is 22.1. The zero-order valence-electron chi connectivity index (χ0n) is 17.8. The normalized spacial score (nSPS) is 12.3. The van der Waals surface area contributed by atoms with E-state index in [-0.39, 0.29) is 16.7 Å². The Hall–Kier alpha value is -2.60. The molecule has 0 saturated heterocycles. The first-order chi connectivity index (χ1) is 14.5. The predicted octanol–water partition coefficient (Wildman–Crippen LogP) is 4.28. The van der Waals surface area contributed by atoms with Crippen molar-refractivity contribution < 1.29 is 4.79 Å². The number of amides is 1. The van der Waals surface area contributed by atoms with Crippen LogP contribution in [-0.4, -0.2) is 27.3 Å². The van der Waals surface area contributed by atoms with Crippen LogP contribution in [0.4, 0.5) is 0 Å². The number of carbonyl (C=O) groups excluding carboxylic acids is 1. The molecule has 0 fully saturated rings. The minimum absolute atomic E-state index is 0.0352. The van der Waals surface area contributed by atoms with Gasteiger partial charge in [0, 0.05) is 13.1 Å². The highest BCUT2D eigenvalue weighted by Gasteiger charge is 2.19. The van der Waals surface area contributed by atoms with Crippen LogP contribution in [0.1, 0.15) is 32.8 Å². The van der Waals surface area contributed by atoms with Gasteiger partial charge in [-0.25, -0.2) is 4.98 Å². The number of hydrogen-bond donors (Lipinski definition) is 1. The summed E-state index contributed by atoms with van der Waals surface area (Å²) in [6.45, 7) is 7.18. The summed E-state index contributed by atoms with van der Waals surface area (Å²) < 4.78 is 1.72. The van der Waals surface area contributed by atoms with Gasteiger partial charge in [0.1, 0.15) is 0 Å². The van der Waals surface area contributed by atoms with Crippen LogP contribution in [-0.2, 0) is 17.8 Å². The summed E-state index contributed by atoms with van der Waals surface area (Å²) in [5.74, 6) is 0.355. The molecule has 0 bridgehead atoms. The maximum atomic E-state index is 13.2. The van der Waals surface area contributed by atoms with E-state index in [9.17, 15) is 9.59 Å². The topological polar surface area (TPSA) is 64.0 Å². The van der Waals surface area contributed by atoms with E-state index in [2.05, 4.69) is 31.3 Å². The van der Waals surface area contributed by atoms with Crippen molar-refractivity contribution in [3.05, 3.63) is 70.5 Å². The maximum absolute atomic E-state index is 13.2. The molecule has 6 heteroatoms. The number of aromatic nitrogens is 2. The first-order valence-electron chi connectivity index (χ1n) is 10.4. The third-order valence-corrected chi connectivity index (χ3v) is 5.94. The fraction of sp³-hybridized carbons (Fsp3) is 0.375. The Balaban J connectivity index is 1.83. The third-order valence-electron chi connectivity index (χ3n) is 4.85. The molecule has 158 valence electrons. The van der Waals surface area contributed by atoms with Crippen LogP contribution in [0.25, 0.3) is 10.9 Å². The summed E-state index contributed by atoms with van der Waals surface area (Å²) in [5, 5.41) is 3.83. The number of hydrogen-bond acceptors (Lipinski definition) is 4. The number of benzene rings is 2. The molecule has 30 heavy (non-hydrogen) atoms. The summed E-state index contributed by atoms with van der Waals surface area (Å²) in [6.07, 6.45) is 1.71. The predicted molar refractivity (Wildman–Crippen MR) is 124 cm³/mol. The minimum Gasteiger partial charge on any atom is -0.355 e. The lowest BCUT2D eigenvalue weighted by Crippen LogP contribution is -2.34. The Kier molecular flexibility index (Phi) is 7.69. The summed E-state index contributed by atoms with van der Waals surface area (Å²) in [7, 11) is 0. The van der Waals surface area contributed by atoms with Crippen LogP contribution in [0.15, 0.2) is 64.5 Å².